The molecule has 1 aliphatic carbocycles. The Morgan fingerprint density at radius 1 is 1.47 bits per heavy atom. The van der Waals surface area contributed by atoms with Crippen LogP contribution in [0.4, 0.5) is 0 Å². The largest absolute Gasteiger partial charge is 0.507 e. The van der Waals surface area contributed by atoms with Crippen LogP contribution in [-0.4, -0.2) is 23.6 Å². The second-order valence-corrected chi connectivity index (χ2v) is 5.38. The lowest BCUT2D eigenvalue weighted by atomic mass is 9.97. The van der Waals surface area contributed by atoms with Crippen molar-refractivity contribution in [2.45, 2.75) is 38.6 Å². The number of carbonyl (C=O) groups is 1. The minimum absolute atomic E-state index is 0.00918. The summed E-state index contributed by atoms with van der Waals surface area (Å²) in [6, 6.07) is 5.04. The summed E-state index contributed by atoms with van der Waals surface area (Å²) >= 11 is 0. The Morgan fingerprint density at radius 2 is 2.16 bits per heavy atom. The Balaban J connectivity index is 2.08. The number of phenols is 1. The van der Waals surface area contributed by atoms with Gasteiger partial charge in [-0.25, -0.2) is 0 Å². The smallest absolute Gasteiger partial charge is 0.255 e. The number of nitrogens with two attached hydrogens (primary N) is 1. The SMILES string of the molecule is Cc1ccc(O)c(C(=O)NC(CN)C2CCCC2)c1. The van der Waals surface area contributed by atoms with E-state index in [0.29, 0.717) is 18.0 Å². The van der Waals surface area contributed by atoms with Gasteiger partial charge >= 0.3 is 0 Å². The van der Waals surface area contributed by atoms with Crippen LogP contribution in [0.15, 0.2) is 18.2 Å². The Labute approximate surface area is 114 Å². The van der Waals surface area contributed by atoms with E-state index in [1.54, 1.807) is 18.2 Å². The molecule has 104 valence electrons. The summed E-state index contributed by atoms with van der Waals surface area (Å²) in [7, 11) is 0. The first-order valence-electron chi connectivity index (χ1n) is 6.92. The number of rotatable bonds is 4. The molecule has 4 heteroatoms. The molecule has 1 aromatic rings. The number of amides is 1. The second kappa shape index (κ2) is 6.06. The van der Waals surface area contributed by atoms with Crippen molar-refractivity contribution in [2.75, 3.05) is 6.54 Å². The first-order chi connectivity index (χ1) is 9.11. The van der Waals surface area contributed by atoms with Gasteiger partial charge in [0.1, 0.15) is 5.75 Å². The van der Waals surface area contributed by atoms with E-state index in [1.807, 2.05) is 6.92 Å². The Hall–Kier alpha value is -1.55. The van der Waals surface area contributed by atoms with E-state index >= 15 is 0 Å². The van der Waals surface area contributed by atoms with E-state index in [1.165, 1.54) is 12.8 Å². The fourth-order valence-electron chi connectivity index (χ4n) is 2.81. The van der Waals surface area contributed by atoms with E-state index in [0.717, 1.165) is 18.4 Å². The molecule has 2 rings (SSSR count). The van der Waals surface area contributed by atoms with E-state index < -0.39 is 0 Å². The van der Waals surface area contributed by atoms with Gasteiger partial charge in [-0.1, -0.05) is 24.5 Å². The molecule has 1 fully saturated rings. The molecule has 0 aliphatic heterocycles. The number of aryl methyl sites for hydroxylation is 1. The van der Waals surface area contributed by atoms with Crippen molar-refractivity contribution in [3.63, 3.8) is 0 Å². The molecule has 1 unspecified atom stereocenters. The van der Waals surface area contributed by atoms with E-state index in [-0.39, 0.29) is 17.7 Å². The van der Waals surface area contributed by atoms with Gasteiger partial charge in [0.05, 0.1) is 5.56 Å². The lowest BCUT2D eigenvalue weighted by Crippen LogP contribution is -2.44. The number of phenolic OH excluding ortho intramolecular Hbond substituents is 1. The normalized spacial score (nSPS) is 17.4. The van der Waals surface area contributed by atoms with Crippen LogP contribution >= 0.6 is 0 Å². The van der Waals surface area contributed by atoms with Gasteiger partial charge in [-0.2, -0.15) is 0 Å². The number of nitrogens with one attached hydrogen (secondary N) is 1. The number of hydrogen-bond donors (Lipinski definition) is 3. The van der Waals surface area contributed by atoms with E-state index in [9.17, 15) is 9.90 Å². The van der Waals surface area contributed by atoms with Gasteiger partial charge in [-0.15, -0.1) is 0 Å². The highest BCUT2D eigenvalue weighted by molar-refractivity contribution is 5.97. The van der Waals surface area contributed by atoms with Crippen molar-refractivity contribution in [3.8, 4) is 5.75 Å². The van der Waals surface area contributed by atoms with Crippen LogP contribution in [0.25, 0.3) is 0 Å². The summed E-state index contributed by atoms with van der Waals surface area (Å²) in [6.07, 6.45) is 4.68. The van der Waals surface area contributed by atoms with Gasteiger partial charge in [0.2, 0.25) is 0 Å². The van der Waals surface area contributed by atoms with Crippen LogP contribution < -0.4 is 11.1 Å². The summed E-state index contributed by atoms with van der Waals surface area (Å²) in [5, 5.41) is 12.7. The van der Waals surface area contributed by atoms with E-state index in [2.05, 4.69) is 5.32 Å². The predicted octanol–water partition coefficient (Wildman–Crippen LogP) is 1.95. The average Bonchev–Trinajstić information content (AvgIpc) is 2.92. The van der Waals surface area contributed by atoms with Crippen LogP contribution in [0, 0.1) is 12.8 Å². The van der Waals surface area contributed by atoms with Gasteiger partial charge < -0.3 is 16.2 Å². The summed E-state index contributed by atoms with van der Waals surface area (Å²) in [4.78, 5) is 12.2. The molecule has 19 heavy (non-hydrogen) atoms. The first-order valence-corrected chi connectivity index (χ1v) is 6.92. The molecule has 1 saturated carbocycles. The minimum atomic E-state index is -0.233. The fourth-order valence-corrected chi connectivity index (χ4v) is 2.81. The molecule has 0 heterocycles. The van der Waals surface area contributed by atoms with Gasteiger partial charge in [0.15, 0.2) is 0 Å². The van der Waals surface area contributed by atoms with Crippen molar-refractivity contribution in [1.82, 2.24) is 5.32 Å². The summed E-state index contributed by atoms with van der Waals surface area (Å²) < 4.78 is 0. The first kappa shape index (κ1) is 13.9. The van der Waals surface area contributed by atoms with E-state index in [4.69, 9.17) is 5.73 Å². The van der Waals surface area contributed by atoms with Crippen molar-refractivity contribution < 1.29 is 9.90 Å². The molecular formula is C15H22N2O2. The molecule has 1 aliphatic rings. The zero-order valence-electron chi connectivity index (χ0n) is 11.4. The van der Waals surface area contributed by atoms with Crippen molar-refractivity contribution in [1.29, 1.82) is 0 Å². The van der Waals surface area contributed by atoms with Crippen molar-refractivity contribution in [3.05, 3.63) is 29.3 Å². The van der Waals surface area contributed by atoms with Crippen LogP contribution in [0.3, 0.4) is 0 Å². The molecular weight excluding hydrogens is 240 g/mol. The maximum atomic E-state index is 12.2. The van der Waals surface area contributed by atoms with Gasteiger partial charge in [0, 0.05) is 12.6 Å². The van der Waals surface area contributed by atoms with Gasteiger partial charge in [0.25, 0.3) is 5.91 Å². The zero-order valence-corrected chi connectivity index (χ0v) is 11.4. The molecule has 0 saturated heterocycles. The summed E-state index contributed by atoms with van der Waals surface area (Å²) in [5.41, 5.74) is 7.05. The lowest BCUT2D eigenvalue weighted by molar-refractivity contribution is 0.0921. The van der Waals surface area contributed by atoms with Crippen LogP contribution in [0.1, 0.15) is 41.6 Å². The highest BCUT2D eigenvalue weighted by Gasteiger charge is 2.26. The van der Waals surface area contributed by atoms with Gasteiger partial charge in [-0.05, 0) is 37.8 Å². The molecule has 0 aromatic heterocycles. The number of aromatic hydroxyl groups is 1. The Bertz CT molecular complexity index is 453. The number of hydrogen-bond acceptors (Lipinski definition) is 3. The molecule has 4 N–H and O–H groups in total. The third kappa shape index (κ3) is 3.26. The topological polar surface area (TPSA) is 75.3 Å². The maximum Gasteiger partial charge on any atom is 0.255 e. The number of benzene rings is 1. The lowest BCUT2D eigenvalue weighted by Gasteiger charge is -2.23. The summed E-state index contributed by atoms with van der Waals surface area (Å²) in [6.45, 7) is 2.34. The highest BCUT2D eigenvalue weighted by atomic mass is 16.3. The van der Waals surface area contributed by atoms with Crippen LogP contribution in [0.2, 0.25) is 0 Å². The molecule has 1 amide bonds. The zero-order chi connectivity index (χ0) is 13.8. The highest BCUT2D eigenvalue weighted by Crippen LogP contribution is 2.28. The minimum Gasteiger partial charge on any atom is -0.507 e. The molecule has 0 spiro atoms. The van der Waals surface area contributed by atoms with Crippen LogP contribution in [0.5, 0.6) is 5.75 Å². The maximum absolute atomic E-state index is 12.2. The Morgan fingerprint density at radius 3 is 2.79 bits per heavy atom. The monoisotopic (exact) mass is 262 g/mol. The predicted molar refractivity (Wildman–Crippen MR) is 75.1 cm³/mol. The molecule has 1 atom stereocenters. The number of carbonyl (C=O) groups excluding carboxylic acids is 1. The van der Waals surface area contributed by atoms with Crippen LogP contribution in [-0.2, 0) is 0 Å². The van der Waals surface area contributed by atoms with Gasteiger partial charge in [-0.3, -0.25) is 4.79 Å². The Kier molecular flexibility index (Phi) is 4.43. The fraction of sp³-hybridized carbons (Fsp3) is 0.533. The quantitative estimate of drug-likeness (QED) is 0.776. The molecule has 4 nitrogen and oxygen atoms in total. The average molecular weight is 262 g/mol. The standard InChI is InChI=1S/C15H22N2O2/c1-10-6-7-14(18)12(8-10)15(19)17-13(9-16)11-4-2-3-5-11/h6-8,11,13,18H,2-5,9,16H2,1H3,(H,17,19). The second-order valence-electron chi connectivity index (χ2n) is 5.38. The van der Waals surface area contributed by atoms with Crippen molar-refractivity contribution in [2.24, 2.45) is 11.7 Å². The summed E-state index contributed by atoms with van der Waals surface area (Å²) in [5.74, 6) is 0.259. The third-order valence-corrected chi connectivity index (χ3v) is 3.94. The molecule has 0 bridgehead atoms. The third-order valence-electron chi connectivity index (χ3n) is 3.94. The van der Waals surface area contributed by atoms with Crippen molar-refractivity contribution >= 4 is 5.91 Å². The molecule has 1 aromatic carbocycles. The molecule has 0 radical (unpaired) electrons.